The molecule has 0 aromatic heterocycles. The summed E-state index contributed by atoms with van der Waals surface area (Å²) in [4.78, 5) is 39.6. The van der Waals surface area contributed by atoms with Gasteiger partial charge in [-0.1, -0.05) is 96.0 Å². The van der Waals surface area contributed by atoms with Gasteiger partial charge in [0, 0.05) is 23.5 Å². The first kappa shape index (κ1) is 36.6. The van der Waals surface area contributed by atoms with E-state index in [2.05, 4.69) is 54.5 Å². The van der Waals surface area contributed by atoms with Gasteiger partial charge in [0.2, 0.25) is 0 Å². The molecule has 1 aromatic carbocycles. The summed E-state index contributed by atoms with van der Waals surface area (Å²) < 4.78 is 12.4. The van der Waals surface area contributed by atoms with Crippen molar-refractivity contribution in [1.82, 2.24) is 0 Å². The number of fused-ring (bicyclic) bond motifs is 7. The number of benzene rings is 1. The van der Waals surface area contributed by atoms with Crippen LogP contribution in [0.25, 0.3) is 6.08 Å². The van der Waals surface area contributed by atoms with Gasteiger partial charge in [-0.2, -0.15) is 0 Å². The van der Waals surface area contributed by atoms with Crippen molar-refractivity contribution in [3.8, 4) is 0 Å². The lowest BCUT2D eigenvalue weighted by molar-refractivity contribution is -0.219. The number of carbonyl (C=O) groups is 3. The summed E-state index contributed by atoms with van der Waals surface area (Å²) in [7, 11) is 0. The topological polar surface area (TPSA) is 89.9 Å². The number of esters is 2. The highest BCUT2D eigenvalue weighted by molar-refractivity contribution is 5.87. The van der Waals surface area contributed by atoms with Gasteiger partial charge in [0.25, 0.3) is 0 Å². The molecule has 6 heteroatoms. The van der Waals surface area contributed by atoms with Crippen molar-refractivity contribution < 1.29 is 29.0 Å². The second kappa shape index (κ2) is 12.5. The number of ether oxygens (including phenoxy) is 2. The molecule has 3 unspecified atom stereocenters. The van der Waals surface area contributed by atoms with Gasteiger partial charge in [0.15, 0.2) is 0 Å². The summed E-state index contributed by atoms with van der Waals surface area (Å²) in [6.07, 6.45) is 14.0. The largest absolute Gasteiger partial charge is 0.481 e. The molecule has 9 atom stereocenters. The Morgan fingerprint density at radius 2 is 1.48 bits per heavy atom. The molecule has 6 nitrogen and oxygen atoms in total. The third-order valence-corrected chi connectivity index (χ3v) is 15.1. The summed E-state index contributed by atoms with van der Waals surface area (Å²) in [5, 5.41) is 11.1. The van der Waals surface area contributed by atoms with E-state index in [-0.39, 0.29) is 45.1 Å². The van der Waals surface area contributed by atoms with E-state index in [1.165, 1.54) is 11.6 Å². The van der Waals surface area contributed by atoms with Crippen LogP contribution < -0.4 is 0 Å². The fourth-order valence-corrected chi connectivity index (χ4v) is 12.4. The minimum atomic E-state index is -1.13. The number of carbonyl (C=O) groups excluding carboxylic acids is 2. The molecular weight excluding hydrogens is 624 g/mol. The Kier molecular flexibility index (Phi) is 9.17. The van der Waals surface area contributed by atoms with Gasteiger partial charge in [-0.15, -0.1) is 0 Å². The quantitative estimate of drug-likeness (QED) is 0.182. The van der Waals surface area contributed by atoms with Crippen molar-refractivity contribution in [3.05, 3.63) is 65.3 Å². The predicted molar refractivity (Wildman–Crippen MR) is 197 cm³/mol. The minimum absolute atomic E-state index is 0.0131. The first-order chi connectivity index (χ1) is 23.3. The standard InChI is InChI=1S/C44H60O6/c1-28(2)25-37(46)50-35-27-39(3,4)26-31-30-16-17-33-41(7)21-20-34(49-36(45)18-15-29-13-11-10-12-14-29)40(5,6)32(41)19-22-43(33,9)42(30,8)23-24-44(31,35)38(47)48/h10-16,18,25,31-35H,17,19-24,26-27H2,1-9H3,(H,47,48)/b18-15+/t31?,32?,33?,34-,35+,41-,42+,43+,44-/m0/s1. The third kappa shape index (κ3) is 5.71. The lowest BCUT2D eigenvalue weighted by atomic mass is 9.33. The predicted octanol–water partition coefficient (Wildman–Crippen LogP) is 9.99. The van der Waals surface area contributed by atoms with Gasteiger partial charge in [-0.05, 0) is 117 Å². The fourth-order valence-electron chi connectivity index (χ4n) is 12.4. The minimum Gasteiger partial charge on any atom is -0.481 e. The summed E-state index contributed by atoms with van der Waals surface area (Å²) >= 11 is 0. The van der Waals surface area contributed by atoms with Crippen LogP contribution in [0.3, 0.4) is 0 Å². The van der Waals surface area contributed by atoms with Crippen LogP contribution in [0.5, 0.6) is 0 Å². The lowest BCUT2D eigenvalue weighted by Gasteiger charge is -2.71. The van der Waals surface area contributed by atoms with Gasteiger partial charge < -0.3 is 14.6 Å². The zero-order valence-corrected chi connectivity index (χ0v) is 31.9. The fraction of sp³-hybridized carbons (Fsp3) is 0.659. The van der Waals surface area contributed by atoms with E-state index in [1.54, 1.807) is 6.08 Å². The van der Waals surface area contributed by atoms with Crippen LogP contribution in [-0.2, 0) is 23.9 Å². The molecule has 272 valence electrons. The Hall–Kier alpha value is -3.15. The first-order valence-electron chi connectivity index (χ1n) is 19.0. The van der Waals surface area contributed by atoms with Crippen LogP contribution in [0.2, 0.25) is 0 Å². The number of hydrogen-bond donors (Lipinski definition) is 1. The van der Waals surface area contributed by atoms with Crippen molar-refractivity contribution in [2.24, 2.45) is 50.2 Å². The number of hydrogen-bond acceptors (Lipinski definition) is 5. The maximum absolute atomic E-state index is 13.5. The van der Waals surface area contributed by atoms with E-state index in [9.17, 15) is 19.5 Å². The van der Waals surface area contributed by atoms with E-state index in [0.717, 1.165) is 56.1 Å². The summed E-state index contributed by atoms with van der Waals surface area (Å²) in [6.45, 7) is 20.2. The Morgan fingerprint density at radius 1 is 0.800 bits per heavy atom. The molecule has 4 fully saturated rings. The second-order valence-electron chi connectivity index (χ2n) is 18.9. The molecule has 0 spiro atoms. The summed E-state index contributed by atoms with van der Waals surface area (Å²) in [5.41, 5.74) is 1.52. The van der Waals surface area contributed by atoms with E-state index >= 15 is 0 Å². The normalized spacial score (nSPS) is 39.8. The molecule has 0 radical (unpaired) electrons. The monoisotopic (exact) mass is 684 g/mol. The molecule has 1 N–H and O–H groups in total. The van der Waals surface area contributed by atoms with E-state index < -0.39 is 23.5 Å². The van der Waals surface area contributed by atoms with Crippen molar-refractivity contribution in [2.75, 3.05) is 0 Å². The molecular formula is C44H60O6. The molecule has 1 aromatic rings. The van der Waals surface area contributed by atoms with Gasteiger partial charge in [0.05, 0.1) is 0 Å². The summed E-state index contributed by atoms with van der Waals surface area (Å²) in [6, 6.07) is 9.84. The molecule has 5 aliphatic rings. The first-order valence-corrected chi connectivity index (χ1v) is 19.0. The van der Waals surface area contributed by atoms with Crippen molar-refractivity contribution in [3.63, 3.8) is 0 Å². The smallest absolute Gasteiger partial charge is 0.331 e. The molecule has 50 heavy (non-hydrogen) atoms. The molecule has 4 saturated carbocycles. The molecule has 0 saturated heterocycles. The van der Waals surface area contributed by atoms with Crippen LogP contribution in [0.1, 0.15) is 126 Å². The van der Waals surface area contributed by atoms with E-state index in [1.807, 2.05) is 50.3 Å². The van der Waals surface area contributed by atoms with Crippen LogP contribution in [-0.4, -0.2) is 35.2 Å². The van der Waals surface area contributed by atoms with Crippen LogP contribution >= 0.6 is 0 Å². The molecule has 0 bridgehead atoms. The Bertz CT molecular complexity index is 1610. The average molecular weight is 685 g/mol. The Balaban J connectivity index is 1.30. The zero-order chi connectivity index (χ0) is 36.5. The lowest BCUT2D eigenvalue weighted by Crippen LogP contribution is -2.67. The zero-order valence-electron chi connectivity index (χ0n) is 31.9. The van der Waals surface area contributed by atoms with Gasteiger partial charge >= 0.3 is 17.9 Å². The number of carboxylic acid groups (broad SMARTS) is 1. The second-order valence-corrected chi connectivity index (χ2v) is 18.9. The summed E-state index contributed by atoms with van der Waals surface area (Å²) in [5.74, 6) is -0.911. The van der Waals surface area contributed by atoms with Crippen molar-refractivity contribution in [1.29, 1.82) is 0 Å². The van der Waals surface area contributed by atoms with Gasteiger partial charge in [-0.3, -0.25) is 4.79 Å². The van der Waals surface area contributed by atoms with Crippen molar-refractivity contribution in [2.45, 2.75) is 132 Å². The third-order valence-electron chi connectivity index (χ3n) is 15.1. The maximum Gasteiger partial charge on any atom is 0.331 e. The highest BCUT2D eigenvalue weighted by Crippen LogP contribution is 2.76. The highest BCUT2D eigenvalue weighted by Gasteiger charge is 2.71. The molecule has 0 aliphatic heterocycles. The molecule has 0 amide bonds. The number of rotatable bonds is 6. The Morgan fingerprint density at radius 3 is 2.14 bits per heavy atom. The van der Waals surface area contributed by atoms with E-state index in [4.69, 9.17) is 9.47 Å². The highest BCUT2D eigenvalue weighted by atomic mass is 16.5. The number of allylic oxidation sites excluding steroid dienone is 3. The van der Waals surface area contributed by atoms with Gasteiger partial charge in [0.1, 0.15) is 17.6 Å². The van der Waals surface area contributed by atoms with Crippen molar-refractivity contribution >= 4 is 24.0 Å². The van der Waals surface area contributed by atoms with Gasteiger partial charge in [-0.25, -0.2) is 9.59 Å². The maximum atomic E-state index is 13.5. The Labute approximate surface area is 300 Å². The van der Waals surface area contributed by atoms with Crippen LogP contribution in [0, 0.1) is 50.2 Å². The number of carboxylic acids is 1. The van der Waals surface area contributed by atoms with Crippen LogP contribution in [0.15, 0.2) is 59.7 Å². The average Bonchev–Trinajstić information content (AvgIpc) is 3.01. The molecule has 6 rings (SSSR count). The molecule has 5 aliphatic carbocycles. The molecule has 0 heterocycles. The SMILES string of the molecule is CC(C)=CC(=O)O[C@@H]1CC(C)(C)CC2C3=CCC4[C@@]5(C)CC[C@H](OC(=O)/C=C/c6ccccc6)C(C)(C)C5CC[C@@]4(C)[C@]3(C)CC[C@]21C(=O)O. The van der Waals surface area contributed by atoms with E-state index in [0.29, 0.717) is 24.7 Å². The van der Waals surface area contributed by atoms with Crippen LogP contribution in [0.4, 0.5) is 0 Å². The number of aliphatic carboxylic acids is 1.